The largest absolute Gasteiger partial charge is 0.165 e. The normalized spacial score (nSPS) is 10.9. The van der Waals surface area contributed by atoms with E-state index in [1.165, 1.54) is 70.6 Å². The Morgan fingerprint density at radius 2 is 1.00 bits per heavy atom. The minimum atomic E-state index is -1.76. The van der Waals surface area contributed by atoms with Crippen LogP contribution in [0.25, 0.3) is 65.0 Å². The van der Waals surface area contributed by atoms with E-state index in [9.17, 15) is 0 Å². The third-order valence-electron chi connectivity index (χ3n) is 7.69. The van der Waals surface area contributed by atoms with Crippen LogP contribution in [0.3, 0.4) is 0 Å². The molecule has 0 heterocycles. The van der Waals surface area contributed by atoms with Gasteiger partial charge >= 0.3 is 46.5 Å². The standard InChI is InChI=1S/C24H17.C13H9.C2H4.2ClH.Zr/c1-16-13-17-8-6-12-22(23(17)14-16)24-15-18-7-2-3-9-19(18)20-10-4-5-11-21(20)24;1-3-7-12-10(5-1)9-11-6-2-4-8-13(11)12;1-2;;;/h2-15H,1H3;1-9H;1H,2H3;2*1H;/q2*-1;;;;+2/p-2. The number of aryl methyl sites for hydroxylation is 1. The van der Waals surface area contributed by atoms with Gasteiger partial charge in [-0.1, -0.05) is 103 Å². The molecule has 0 aliphatic carbocycles. The molecule has 0 nitrogen and oxygen atoms in total. The molecule has 0 radical (unpaired) electrons. The Kier molecular flexibility index (Phi) is 8.82. The quantitative estimate of drug-likeness (QED) is 0.121. The van der Waals surface area contributed by atoms with Gasteiger partial charge < -0.3 is 0 Å². The van der Waals surface area contributed by atoms with Crippen LogP contribution in [0.1, 0.15) is 12.5 Å². The van der Waals surface area contributed by atoms with Crippen molar-refractivity contribution in [3.8, 4) is 11.1 Å². The zero-order chi connectivity index (χ0) is 29.1. The van der Waals surface area contributed by atoms with Crippen LogP contribution < -0.4 is 0 Å². The minimum Gasteiger partial charge on any atom is -0.165 e. The maximum absolute atomic E-state index is 5.37. The average Bonchev–Trinajstić information content (AvgIpc) is 3.61. The first-order chi connectivity index (χ1) is 20.5. The second-order valence-electron chi connectivity index (χ2n) is 10.4. The molecule has 0 saturated carbocycles. The Morgan fingerprint density at radius 1 is 0.500 bits per heavy atom. The fourth-order valence-electron chi connectivity index (χ4n) is 5.80. The molecule has 3 heteroatoms. The summed E-state index contributed by atoms with van der Waals surface area (Å²) in [6.07, 6.45) is 0. The van der Waals surface area contributed by atoms with E-state index in [1.807, 2.05) is 10.6 Å². The Hall–Kier alpha value is -3.35. The van der Waals surface area contributed by atoms with Crippen molar-refractivity contribution in [3.63, 3.8) is 0 Å². The van der Waals surface area contributed by atoms with Crippen molar-refractivity contribution < 1.29 is 18.9 Å². The maximum Gasteiger partial charge on any atom is -0.00995 e. The average molecular weight is 661 g/mol. The van der Waals surface area contributed by atoms with Gasteiger partial charge in [0.2, 0.25) is 0 Å². The molecule has 42 heavy (non-hydrogen) atoms. The van der Waals surface area contributed by atoms with E-state index in [-0.39, 0.29) is 0 Å². The van der Waals surface area contributed by atoms with E-state index in [2.05, 4.69) is 146 Å². The predicted molar refractivity (Wildman–Crippen MR) is 185 cm³/mol. The van der Waals surface area contributed by atoms with E-state index in [0.29, 0.717) is 0 Å². The molecule has 0 amide bonds. The van der Waals surface area contributed by atoms with Gasteiger partial charge in [0.1, 0.15) is 0 Å². The van der Waals surface area contributed by atoms with Gasteiger partial charge in [-0.05, 0) is 33.2 Å². The Morgan fingerprint density at radius 3 is 1.64 bits per heavy atom. The fourth-order valence-corrected chi connectivity index (χ4v) is 5.80. The number of rotatable bonds is 1. The van der Waals surface area contributed by atoms with Crippen LogP contribution in [0.15, 0.2) is 140 Å². The Bertz CT molecular complexity index is 2140. The molecule has 206 valence electrons. The number of hydrogen-bond donors (Lipinski definition) is 0. The fraction of sp³-hybridized carbons (Fsp3) is 0.0513. The molecular formula is C39H30Cl2Zr-2. The van der Waals surface area contributed by atoms with Crippen molar-refractivity contribution in [1.82, 2.24) is 0 Å². The summed E-state index contributed by atoms with van der Waals surface area (Å²) in [5, 5.41) is 13.3. The van der Waals surface area contributed by atoms with E-state index >= 15 is 0 Å². The molecular weight excluding hydrogens is 631 g/mol. The third-order valence-corrected chi connectivity index (χ3v) is 11.3. The summed E-state index contributed by atoms with van der Waals surface area (Å²) < 4.78 is 1.89. The first-order valence-corrected chi connectivity index (χ1v) is 21.9. The first-order valence-electron chi connectivity index (χ1n) is 14.1. The third kappa shape index (κ3) is 5.93. The molecule has 0 fully saturated rings. The summed E-state index contributed by atoms with van der Waals surface area (Å²) >= 11 is -1.76. The number of benzene rings is 6. The van der Waals surface area contributed by atoms with Crippen molar-refractivity contribution >= 4 is 74.6 Å². The van der Waals surface area contributed by atoms with Crippen LogP contribution in [-0.4, -0.2) is 3.71 Å². The van der Waals surface area contributed by atoms with Crippen LogP contribution in [0, 0.1) is 6.92 Å². The van der Waals surface area contributed by atoms with Crippen molar-refractivity contribution in [1.29, 1.82) is 0 Å². The number of fused-ring (bicyclic) bond motifs is 7. The SMILES string of the molecule is C[CH]=[Zr]([Cl])[Cl].Cc1cc2c(-c3cc4ccccc4c4ccccc34)cccc2[cH-]1.c1ccc2c(c1)[cH-]c1ccccc12. The zero-order valence-corrected chi connectivity index (χ0v) is 27.6. The minimum absolute atomic E-state index is 1.30. The summed E-state index contributed by atoms with van der Waals surface area (Å²) in [4.78, 5) is 0. The van der Waals surface area contributed by atoms with E-state index in [4.69, 9.17) is 17.0 Å². The maximum atomic E-state index is 5.37. The van der Waals surface area contributed by atoms with E-state index in [1.54, 1.807) is 0 Å². The van der Waals surface area contributed by atoms with Gasteiger partial charge in [0.05, 0.1) is 0 Å². The molecule has 8 rings (SSSR count). The number of hydrogen-bond acceptors (Lipinski definition) is 0. The Balaban J connectivity index is 0.000000146. The molecule has 0 aliphatic rings. The van der Waals surface area contributed by atoms with E-state index < -0.39 is 18.9 Å². The Labute approximate surface area is 261 Å². The predicted octanol–water partition coefficient (Wildman–Crippen LogP) is 12.3. The summed E-state index contributed by atoms with van der Waals surface area (Å²) in [6, 6.07) is 50.2. The van der Waals surface area contributed by atoms with Gasteiger partial charge in [0.25, 0.3) is 0 Å². The molecule has 0 aliphatic heterocycles. The molecule has 8 aromatic carbocycles. The molecule has 0 unspecified atom stereocenters. The van der Waals surface area contributed by atoms with Gasteiger partial charge in [-0.25, -0.2) is 0 Å². The van der Waals surface area contributed by atoms with Crippen molar-refractivity contribution in [2.75, 3.05) is 0 Å². The molecule has 0 saturated heterocycles. The van der Waals surface area contributed by atoms with Gasteiger partial charge in [-0.2, -0.15) is 6.07 Å². The van der Waals surface area contributed by atoms with Gasteiger partial charge in [-0.15, -0.1) is 74.3 Å². The van der Waals surface area contributed by atoms with Gasteiger partial charge in [-0.3, -0.25) is 0 Å². The van der Waals surface area contributed by atoms with Crippen LogP contribution in [0.5, 0.6) is 0 Å². The summed E-state index contributed by atoms with van der Waals surface area (Å²) in [7, 11) is 10.7. The van der Waals surface area contributed by atoms with Crippen molar-refractivity contribution in [2.45, 2.75) is 13.8 Å². The molecule has 0 aromatic heterocycles. The molecule has 8 aromatic rings. The summed E-state index contributed by atoms with van der Waals surface area (Å²) in [5.41, 5.74) is 3.96. The second-order valence-corrected chi connectivity index (χ2v) is 19.2. The summed E-state index contributed by atoms with van der Waals surface area (Å²) in [6.45, 7) is 4.07. The van der Waals surface area contributed by atoms with Crippen molar-refractivity contribution in [2.24, 2.45) is 0 Å². The van der Waals surface area contributed by atoms with Gasteiger partial charge in [0, 0.05) is 0 Å². The van der Waals surface area contributed by atoms with Gasteiger partial charge in [0.15, 0.2) is 0 Å². The zero-order valence-electron chi connectivity index (χ0n) is 23.6. The van der Waals surface area contributed by atoms with Crippen LogP contribution in [0.2, 0.25) is 0 Å². The summed E-state index contributed by atoms with van der Waals surface area (Å²) in [5.74, 6) is 0. The van der Waals surface area contributed by atoms with Crippen molar-refractivity contribution in [3.05, 3.63) is 145 Å². The topological polar surface area (TPSA) is 0 Å². The van der Waals surface area contributed by atoms with Crippen LogP contribution >= 0.6 is 17.0 Å². The number of halogens is 2. The molecule has 0 N–H and O–H groups in total. The molecule has 0 bridgehead atoms. The molecule has 0 atom stereocenters. The molecule has 0 spiro atoms. The van der Waals surface area contributed by atoms with E-state index in [0.717, 1.165) is 0 Å². The first kappa shape index (κ1) is 28.8. The van der Waals surface area contributed by atoms with Crippen LogP contribution in [0.4, 0.5) is 0 Å². The smallest absolute Gasteiger partial charge is 0.00995 e. The second kappa shape index (κ2) is 12.9. The van der Waals surface area contributed by atoms with Crippen LogP contribution in [-0.2, 0) is 18.9 Å². The monoisotopic (exact) mass is 658 g/mol.